The van der Waals surface area contributed by atoms with Gasteiger partial charge in [-0.2, -0.15) is 4.72 Å². The minimum atomic E-state index is -4.02. The highest BCUT2D eigenvalue weighted by Gasteiger charge is 2.28. The van der Waals surface area contributed by atoms with Crippen molar-refractivity contribution in [1.82, 2.24) is 4.72 Å². The van der Waals surface area contributed by atoms with Crippen LogP contribution in [0.25, 0.3) is 0 Å². The van der Waals surface area contributed by atoms with Crippen LogP contribution in [0.3, 0.4) is 0 Å². The molecule has 1 amide bonds. The number of ether oxygens (including phenoxy) is 3. The summed E-state index contributed by atoms with van der Waals surface area (Å²) in [6.07, 6.45) is 0.0690. The molecule has 0 radical (unpaired) electrons. The standard InChI is InChI=1S/C25H26N2O7S/c1-32-22-15-19(25(29)34-3)20(16-23(22)33-2)26-24(28)21(14-17-10-6-4-7-11-17)27-35(30,31)18-12-8-5-9-13-18/h4-13,15-16,21,27H,14H2,1-3H3,(H,26,28)/t21-/m0/s1. The van der Waals surface area contributed by atoms with Crippen molar-refractivity contribution in [1.29, 1.82) is 0 Å². The van der Waals surface area contributed by atoms with E-state index in [0.717, 1.165) is 5.56 Å². The van der Waals surface area contributed by atoms with Crippen LogP contribution in [0.15, 0.2) is 77.7 Å². The van der Waals surface area contributed by atoms with Crippen LogP contribution in [-0.2, 0) is 26.0 Å². The second kappa shape index (κ2) is 11.5. The van der Waals surface area contributed by atoms with E-state index in [2.05, 4.69) is 10.0 Å². The summed E-state index contributed by atoms with van der Waals surface area (Å²) in [4.78, 5) is 25.8. The number of benzene rings is 3. The first-order valence-electron chi connectivity index (χ1n) is 10.6. The molecule has 0 aliphatic carbocycles. The van der Waals surface area contributed by atoms with Crippen LogP contribution >= 0.6 is 0 Å². The first kappa shape index (κ1) is 25.7. The highest BCUT2D eigenvalue weighted by molar-refractivity contribution is 7.89. The van der Waals surface area contributed by atoms with Gasteiger partial charge in [0.1, 0.15) is 6.04 Å². The lowest BCUT2D eigenvalue weighted by Crippen LogP contribution is -2.45. The number of rotatable bonds is 10. The third-order valence-corrected chi connectivity index (χ3v) is 6.62. The lowest BCUT2D eigenvalue weighted by molar-refractivity contribution is -0.117. The Bertz CT molecular complexity index is 1280. The van der Waals surface area contributed by atoms with Crippen molar-refractivity contribution in [2.45, 2.75) is 17.4 Å². The Hall–Kier alpha value is -3.89. The molecule has 1 atom stereocenters. The van der Waals surface area contributed by atoms with E-state index in [-0.39, 0.29) is 34.1 Å². The summed E-state index contributed by atoms with van der Waals surface area (Å²) in [5.41, 5.74) is 0.836. The quantitative estimate of drug-likeness (QED) is 0.412. The van der Waals surface area contributed by atoms with Crippen molar-refractivity contribution in [2.24, 2.45) is 0 Å². The van der Waals surface area contributed by atoms with Crippen molar-refractivity contribution >= 4 is 27.6 Å². The van der Waals surface area contributed by atoms with E-state index >= 15 is 0 Å². The van der Waals surface area contributed by atoms with Crippen molar-refractivity contribution in [2.75, 3.05) is 26.6 Å². The number of carbonyl (C=O) groups is 2. The van der Waals surface area contributed by atoms with E-state index in [0.29, 0.717) is 0 Å². The molecule has 0 unspecified atom stereocenters. The second-order valence-corrected chi connectivity index (χ2v) is 9.12. The lowest BCUT2D eigenvalue weighted by atomic mass is 10.1. The maximum absolute atomic E-state index is 13.4. The zero-order chi connectivity index (χ0) is 25.4. The normalized spacial score (nSPS) is 11.9. The molecule has 3 aromatic carbocycles. The van der Waals surface area contributed by atoms with Gasteiger partial charge in [-0.3, -0.25) is 4.79 Å². The fourth-order valence-corrected chi connectivity index (χ4v) is 4.59. The molecule has 0 spiro atoms. The Labute approximate surface area is 204 Å². The van der Waals surface area contributed by atoms with Crippen molar-refractivity contribution in [3.05, 3.63) is 83.9 Å². The Morgan fingerprint density at radius 1 is 0.857 bits per heavy atom. The number of methoxy groups -OCH3 is 3. The van der Waals surface area contributed by atoms with E-state index in [4.69, 9.17) is 14.2 Å². The summed E-state index contributed by atoms with van der Waals surface area (Å²) in [6.45, 7) is 0. The van der Waals surface area contributed by atoms with Gasteiger partial charge in [-0.25, -0.2) is 13.2 Å². The Morgan fingerprint density at radius 2 is 1.43 bits per heavy atom. The van der Waals surface area contributed by atoms with Crippen LogP contribution in [0, 0.1) is 0 Å². The number of esters is 1. The van der Waals surface area contributed by atoms with Gasteiger partial charge in [0.2, 0.25) is 15.9 Å². The van der Waals surface area contributed by atoms with Crippen molar-refractivity contribution in [3.63, 3.8) is 0 Å². The van der Waals surface area contributed by atoms with Gasteiger partial charge in [-0.05, 0) is 24.1 Å². The van der Waals surface area contributed by atoms with Gasteiger partial charge in [0, 0.05) is 12.1 Å². The van der Waals surface area contributed by atoms with E-state index in [1.807, 2.05) is 6.07 Å². The van der Waals surface area contributed by atoms with Gasteiger partial charge in [0.05, 0.1) is 37.5 Å². The molecule has 10 heteroatoms. The molecule has 9 nitrogen and oxygen atoms in total. The number of hydrogen-bond acceptors (Lipinski definition) is 7. The minimum Gasteiger partial charge on any atom is -0.493 e. The average Bonchev–Trinajstić information content (AvgIpc) is 2.88. The summed E-state index contributed by atoms with van der Waals surface area (Å²) in [7, 11) is 0.00487. The van der Waals surface area contributed by atoms with Crippen molar-refractivity contribution in [3.8, 4) is 11.5 Å². The zero-order valence-corrected chi connectivity index (χ0v) is 20.3. The number of sulfonamides is 1. The molecule has 2 N–H and O–H groups in total. The third-order valence-electron chi connectivity index (χ3n) is 5.14. The molecule has 35 heavy (non-hydrogen) atoms. The fourth-order valence-electron chi connectivity index (χ4n) is 3.37. The number of anilines is 1. The molecule has 184 valence electrons. The molecule has 0 fully saturated rings. The van der Waals surface area contributed by atoms with E-state index in [1.165, 1.54) is 45.6 Å². The van der Waals surface area contributed by atoms with E-state index in [1.54, 1.807) is 42.5 Å². The summed E-state index contributed by atoms with van der Waals surface area (Å²) >= 11 is 0. The maximum Gasteiger partial charge on any atom is 0.340 e. The summed E-state index contributed by atoms with van der Waals surface area (Å²) in [5, 5.41) is 2.64. The van der Waals surface area contributed by atoms with Crippen LogP contribution < -0.4 is 19.5 Å². The molecule has 0 bridgehead atoms. The highest BCUT2D eigenvalue weighted by Crippen LogP contribution is 2.34. The molecule has 3 aromatic rings. The Kier molecular flexibility index (Phi) is 8.45. The monoisotopic (exact) mass is 498 g/mol. The van der Waals surface area contributed by atoms with Crippen LogP contribution in [-0.4, -0.2) is 47.7 Å². The van der Waals surface area contributed by atoms with E-state index < -0.39 is 27.9 Å². The molecular formula is C25H26N2O7S. The molecule has 0 aromatic heterocycles. The molecule has 3 rings (SSSR count). The number of amides is 1. The molecule has 0 saturated heterocycles. The average molecular weight is 499 g/mol. The molecule has 0 saturated carbocycles. The van der Waals surface area contributed by atoms with Gasteiger partial charge < -0.3 is 19.5 Å². The first-order chi connectivity index (χ1) is 16.8. The summed E-state index contributed by atoms with van der Waals surface area (Å²) < 4.78 is 43.8. The number of nitrogens with one attached hydrogen (secondary N) is 2. The fraction of sp³-hybridized carbons (Fsp3) is 0.200. The second-order valence-electron chi connectivity index (χ2n) is 7.41. The molecule has 0 heterocycles. The molecular weight excluding hydrogens is 472 g/mol. The van der Waals surface area contributed by atoms with Crippen LogP contribution in [0.4, 0.5) is 5.69 Å². The topological polar surface area (TPSA) is 120 Å². The van der Waals surface area contributed by atoms with Gasteiger partial charge in [0.25, 0.3) is 0 Å². The lowest BCUT2D eigenvalue weighted by Gasteiger charge is -2.20. The van der Waals surface area contributed by atoms with Crippen LogP contribution in [0.2, 0.25) is 0 Å². The number of carbonyl (C=O) groups excluding carboxylic acids is 2. The third kappa shape index (κ3) is 6.37. The summed E-state index contributed by atoms with van der Waals surface area (Å²) in [6, 6.07) is 18.3. The maximum atomic E-state index is 13.4. The van der Waals surface area contributed by atoms with Crippen LogP contribution in [0.1, 0.15) is 15.9 Å². The van der Waals surface area contributed by atoms with Gasteiger partial charge >= 0.3 is 5.97 Å². The van der Waals surface area contributed by atoms with Gasteiger partial charge in [0.15, 0.2) is 11.5 Å². The van der Waals surface area contributed by atoms with Gasteiger partial charge in [-0.1, -0.05) is 48.5 Å². The molecule has 0 aliphatic rings. The predicted molar refractivity (Wildman–Crippen MR) is 130 cm³/mol. The minimum absolute atomic E-state index is 0.0166. The number of hydrogen-bond donors (Lipinski definition) is 2. The first-order valence-corrected chi connectivity index (χ1v) is 12.0. The predicted octanol–water partition coefficient (Wildman–Crippen LogP) is 3.02. The summed E-state index contributed by atoms with van der Waals surface area (Å²) in [5.74, 6) is -0.868. The smallest absolute Gasteiger partial charge is 0.340 e. The molecule has 0 aliphatic heterocycles. The highest BCUT2D eigenvalue weighted by atomic mass is 32.2. The largest absolute Gasteiger partial charge is 0.493 e. The van der Waals surface area contributed by atoms with E-state index in [9.17, 15) is 18.0 Å². The Morgan fingerprint density at radius 3 is 2.00 bits per heavy atom. The van der Waals surface area contributed by atoms with Crippen molar-refractivity contribution < 1.29 is 32.2 Å². The SMILES string of the molecule is COC(=O)c1cc(OC)c(OC)cc1NC(=O)[C@H](Cc1ccccc1)NS(=O)(=O)c1ccccc1. The van der Waals surface area contributed by atoms with Gasteiger partial charge in [-0.15, -0.1) is 0 Å². The Balaban J connectivity index is 1.98. The van der Waals surface area contributed by atoms with Crippen LogP contribution in [0.5, 0.6) is 11.5 Å². The zero-order valence-electron chi connectivity index (χ0n) is 19.5.